The summed E-state index contributed by atoms with van der Waals surface area (Å²) in [6.45, 7) is 7.44. The maximum atomic E-state index is 12.7. The number of hydrogen-bond acceptors (Lipinski definition) is 4. The molecule has 1 amide bonds. The van der Waals surface area contributed by atoms with Crippen LogP contribution >= 0.6 is 0 Å². The van der Waals surface area contributed by atoms with Crippen molar-refractivity contribution in [3.63, 3.8) is 0 Å². The summed E-state index contributed by atoms with van der Waals surface area (Å²) >= 11 is 0. The van der Waals surface area contributed by atoms with Gasteiger partial charge in [0.1, 0.15) is 5.70 Å². The van der Waals surface area contributed by atoms with Gasteiger partial charge in [-0.1, -0.05) is 48.5 Å². The Morgan fingerprint density at radius 3 is 2.56 bits per heavy atom. The summed E-state index contributed by atoms with van der Waals surface area (Å²) in [5.41, 5.74) is 10.5. The van der Waals surface area contributed by atoms with Crippen molar-refractivity contribution in [1.82, 2.24) is 9.97 Å². The van der Waals surface area contributed by atoms with E-state index in [9.17, 15) is 4.79 Å². The van der Waals surface area contributed by atoms with E-state index in [4.69, 9.17) is 5.73 Å². The summed E-state index contributed by atoms with van der Waals surface area (Å²) in [5.74, 6) is -0.105. The molecule has 3 aromatic rings. The van der Waals surface area contributed by atoms with E-state index in [1.807, 2.05) is 55.5 Å². The maximum Gasteiger partial charge on any atom is 0.278 e. The van der Waals surface area contributed by atoms with Crippen molar-refractivity contribution < 1.29 is 4.79 Å². The molecule has 0 aliphatic rings. The van der Waals surface area contributed by atoms with Gasteiger partial charge in [-0.3, -0.25) is 10.1 Å². The molecular weight excluding hydrogens is 338 g/mol. The number of para-hydroxylation sites is 2. The zero-order valence-electron chi connectivity index (χ0n) is 15.3. The van der Waals surface area contributed by atoms with Crippen LogP contribution in [0.5, 0.6) is 0 Å². The number of benzene rings is 2. The zero-order chi connectivity index (χ0) is 19.4. The Morgan fingerprint density at radius 2 is 1.93 bits per heavy atom. The van der Waals surface area contributed by atoms with Gasteiger partial charge in [-0.05, 0) is 32.1 Å². The first kappa shape index (κ1) is 18.1. The van der Waals surface area contributed by atoms with Crippen molar-refractivity contribution in [3.8, 4) is 0 Å². The number of aromatic amines is 1. The monoisotopic (exact) mass is 359 g/mol. The first-order valence-corrected chi connectivity index (χ1v) is 8.48. The number of carbonyl (C=O) groups excluding carboxylic acids is 1. The third-order valence-corrected chi connectivity index (χ3v) is 3.98. The molecule has 0 spiro atoms. The second-order valence-electron chi connectivity index (χ2n) is 6.16. The van der Waals surface area contributed by atoms with Gasteiger partial charge in [0, 0.05) is 11.3 Å². The summed E-state index contributed by atoms with van der Waals surface area (Å²) in [6.07, 6.45) is 1.60. The first-order chi connectivity index (χ1) is 13.0. The van der Waals surface area contributed by atoms with Crippen LogP contribution in [0, 0.1) is 6.92 Å². The molecule has 0 fully saturated rings. The van der Waals surface area contributed by atoms with Crippen LogP contribution in [-0.2, 0) is 4.79 Å². The molecule has 0 saturated carbocycles. The number of aliphatic imine (C=N–C) groups is 1. The van der Waals surface area contributed by atoms with Gasteiger partial charge in [0.2, 0.25) is 5.95 Å². The second kappa shape index (κ2) is 7.70. The van der Waals surface area contributed by atoms with E-state index in [1.54, 1.807) is 13.0 Å². The van der Waals surface area contributed by atoms with E-state index in [0.29, 0.717) is 17.4 Å². The zero-order valence-corrected chi connectivity index (χ0v) is 15.3. The molecule has 0 aliphatic heterocycles. The number of imidazole rings is 1. The summed E-state index contributed by atoms with van der Waals surface area (Å²) in [5, 5.41) is 2.72. The summed E-state index contributed by atoms with van der Waals surface area (Å²) in [6, 6.07) is 15.3. The van der Waals surface area contributed by atoms with E-state index in [2.05, 4.69) is 26.9 Å². The highest BCUT2D eigenvalue weighted by molar-refractivity contribution is 6.12. The Labute approximate surface area is 157 Å². The molecule has 0 unspecified atom stereocenters. The number of allylic oxidation sites excluding steroid dienone is 2. The smallest absolute Gasteiger partial charge is 0.278 e. The van der Waals surface area contributed by atoms with Gasteiger partial charge in [-0.15, -0.1) is 0 Å². The Balaban J connectivity index is 1.90. The van der Waals surface area contributed by atoms with Gasteiger partial charge < -0.3 is 10.7 Å². The van der Waals surface area contributed by atoms with Crippen molar-refractivity contribution in [1.29, 1.82) is 0 Å². The third kappa shape index (κ3) is 4.12. The summed E-state index contributed by atoms with van der Waals surface area (Å²) < 4.78 is 0. The quantitative estimate of drug-likeness (QED) is 0.479. The number of aryl methyl sites for hydroxylation is 1. The molecule has 136 valence electrons. The van der Waals surface area contributed by atoms with E-state index >= 15 is 0 Å². The first-order valence-electron chi connectivity index (χ1n) is 8.48. The molecular formula is C21H21N5O. The lowest BCUT2D eigenvalue weighted by Crippen LogP contribution is -2.18. The number of fused-ring (bicyclic) bond motifs is 1. The molecule has 0 aliphatic carbocycles. The highest BCUT2D eigenvalue weighted by atomic mass is 16.2. The molecule has 0 saturated heterocycles. The highest BCUT2D eigenvalue weighted by Crippen LogP contribution is 2.15. The van der Waals surface area contributed by atoms with Gasteiger partial charge in [-0.25, -0.2) is 9.98 Å². The Hall–Kier alpha value is -3.67. The molecule has 6 nitrogen and oxygen atoms in total. The highest BCUT2D eigenvalue weighted by Gasteiger charge is 2.15. The number of amides is 1. The number of rotatable bonds is 5. The number of nitrogens with one attached hydrogen (secondary N) is 2. The Kier molecular flexibility index (Phi) is 5.17. The maximum absolute atomic E-state index is 12.7. The molecule has 0 radical (unpaired) electrons. The van der Waals surface area contributed by atoms with Gasteiger partial charge in [0.25, 0.3) is 5.91 Å². The largest absolute Gasteiger partial charge is 0.400 e. The normalized spacial score (nSPS) is 12.6. The summed E-state index contributed by atoms with van der Waals surface area (Å²) in [7, 11) is 0. The Morgan fingerprint density at radius 1 is 1.22 bits per heavy atom. The molecule has 0 atom stereocenters. The van der Waals surface area contributed by atoms with Crippen LogP contribution in [0.15, 0.2) is 77.6 Å². The van der Waals surface area contributed by atoms with E-state index in [1.165, 1.54) is 0 Å². The van der Waals surface area contributed by atoms with Gasteiger partial charge in [-0.2, -0.15) is 0 Å². The lowest BCUT2D eigenvalue weighted by molar-refractivity contribution is -0.113. The van der Waals surface area contributed by atoms with Gasteiger partial charge in [0.05, 0.1) is 16.7 Å². The average Bonchev–Trinajstić information content (AvgIpc) is 3.05. The third-order valence-electron chi connectivity index (χ3n) is 3.98. The van der Waals surface area contributed by atoms with Crippen LogP contribution in [0.4, 0.5) is 5.95 Å². The fourth-order valence-electron chi connectivity index (χ4n) is 2.57. The van der Waals surface area contributed by atoms with E-state index in [0.717, 1.165) is 22.2 Å². The molecule has 3 rings (SSSR count). The topological polar surface area (TPSA) is 96.2 Å². The van der Waals surface area contributed by atoms with Crippen LogP contribution in [0.1, 0.15) is 18.1 Å². The number of H-pyrrole nitrogens is 1. The molecule has 4 N–H and O–H groups in total. The number of hydrogen-bond donors (Lipinski definition) is 3. The van der Waals surface area contributed by atoms with Crippen molar-refractivity contribution in [2.45, 2.75) is 13.8 Å². The number of nitrogens with zero attached hydrogens (tertiary/aromatic N) is 2. The van der Waals surface area contributed by atoms with Crippen molar-refractivity contribution in [2.24, 2.45) is 10.7 Å². The predicted octanol–water partition coefficient (Wildman–Crippen LogP) is 3.68. The van der Waals surface area contributed by atoms with Crippen LogP contribution in [0.25, 0.3) is 11.0 Å². The predicted molar refractivity (Wildman–Crippen MR) is 110 cm³/mol. The standard InChI is InChI=1S/C21H21N5O/c1-4-16(15-11-9-13(2)10-12-15)23-19(14(3)22)20(27)26-21-24-17-7-5-6-8-18(17)25-21/h4-12H,1,22H2,2-3H3,(H2,24,25,26,27)/b19-14+,23-16+. The lowest BCUT2D eigenvalue weighted by atomic mass is 10.1. The minimum atomic E-state index is -0.444. The number of anilines is 1. The van der Waals surface area contributed by atoms with E-state index in [-0.39, 0.29) is 5.70 Å². The minimum absolute atomic E-state index is 0.117. The number of carbonyl (C=O) groups is 1. The molecule has 1 heterocycles. The van der Waals surface area contributed by atoms with Gasteiger partial charge >= 0.3 is 0 Å². The van der Waals surface area contributed by atoms with Crippen molar-refractivity contribution in [2.75, 3.05) is 5.32 Å². The average molecular weight is 359 g/mol. The summed E-state index contributed by atoms with van der Waals surface area (Å²) in [4.78, 5) is 24.6. The fraction of sp³-hybridized carbons (Fsp3) is 0.0952. The van der Waals surface area contributed by atoms with Gasteiger partial charge in [0.15, 0.2) is 0 Å². The fourth-order valence-corrected chi connectivity index (χ4v) is 2.57. The number of nitrogens with two attached hydrogens (primary N) is 1. The van der Waals surface area contributed by atoms with Crippen LogP contribution in [0.2, 0.25) is 0 Å². The van der Waals surface area contributed by atoms with Crippen LogP contribution in [-0.4, -0.2) is 21.6 Å². The van der Waals surface area contributed by atoms with Crippen LogP contribution < -0.4 is 11.1 Å². The molecule has 27 heavy (non-hydrogen) atoms. The minimum Gasteiger partial charge on any atom is -0.400 e. The number of aromatic nitrogens is 2. The molecule has 6 heteroatoms. The SMILES string of the molecule is C=C/C(=N\C(C(=O)Nc1nc2ccccc2[nH]1)=C(/C)N)c1ccc(C)cc1. The van der Waals surface area contributed by atoms with Crippen molar-refractivity contribution in [3.05, 3.63) is 83.7 Å². The lowest BCUT2D eigenvalue weighted by Gasteiger charge is -2.08. The second-order valence-corrected chi connectivity index (χ2v) is 6.16. The Bertz CT molecular complexity index is 1020. The molecule has 0 bridgehead atoms. The van der Waals surface area contributed by atoms with Crippen LogP contribution in [0.3, 0.4) is 0 Å². The molecule has 1 aromatic heterocycles. The van der Waals surface area contributed by atoms with Crippen molar-refractivity contribution >= 4 is 28.6 Å². The molecule has 2 aromatic carbocycles. The van der Waals surface area contributed by atoms with E-state index < -0.39 is 5.91 Å².